The lowest BCUT2D eigenvalue weighted by atomic mass is 10.4. The summed E-state index contributed by atoms with van der Waals surface area (Å²) in [6.45, 7) is 9.63. The Balaban J connectivity index is 3.58. The number of rotatable bonds is 10. The van der Waals surface area contributed by atoms with Crippen LogP contribution in [0.25, 0.3) is 0 Å². The van der Waals surface area contributed by atoms with Crippen molar-refractivity contribution in [3.63, 3.8) is 0 Å². The number of carbonyl (C=O) groups is 1. The van der Waals surface area contributed by atoms with Gasteiger partial charge in [-0.15, -0.1) is 0 Å². The zero-order valence-electron chi connectivity index (χ0n) is 13.2. The molecule has 0 fully saturated rings. The Bertz CT molecular complexity index is 265. The molecule has 0 bridgehead atoms. The molecule has 0 spiro atoms. The molecule has 0 aliphatic carbocycles. The first-order valence-electron chi connectivity index (χ1n) is 6.75. The van der Waals surface area contributed by atoms with E-state index in [1.807, 2.05) is 19.6 Å². The van der Waals surface area contributed by atoms with Gasteiger partial charge >= 0.3 is 8.56 Å². The second-order valence-corrected chi connectivity index (χ2v) is 13.7. The van der Waals surface area contributed by atoms with Crippen molar-refractivity contribution in [2.45, 2.75) is 45.1 Å². The van der Waals surface area contributed by atoms with Crippen molar-refractivity contribution in [1.82, 2.24) is 5.32 Å². The van der Waals surface area contributed by atoms with Crippen LogP contribution in [-0.2, 0) is 18.1 Å². The predicted molar refractivity (Wildman–Crippen MR) is 82.0 cm³/mol. The van der Waals surface area contributed by atoms with E-state index >= 15 is 0 Å². The van der Waals surface area contributed by atoms with E-state index in [1.165, 1.54) is 0 Å². The van der Waals surface area contributed by atoms with Crippen LogP contribution in [0.1, 0.15) is 12.8 Å². The summed E-state index contributed by atoms with van der Waals surface area (Å²) in [6.07, 6.45) is 1.43. The zero-order valence-corrected chi connectivity index (χ0v) is 15.2. The molecule has 1 N–H and O–H groups in total. The first-order chi connectivity index (χ1) is 8.72. The van der Waals surface area contributed by atoms with Crippen molar-refractivity contribution in [3.05, 3.63) is 0 Å². The highest BCUT2D eigenvalue weighted by atomic mass is 28.4. The van der Waals surface area contributed by atoms with Gasteiger partial charge in [0.05, 0.1) is 6.42 Å². The fourth-order valence-corrected chi connectivity index (χ4v) is 3.71. The molecule has 19 heavy (non-hydrogen) atoms. The van der Waals surface area contributed by atoms with Crippen molar-refractivity contribution < 1.29 is 18.1 Å². The van der Waals surface area contributed by atoms with Crippen LogP contribution in [0.3, 0.4) is 0 Å². The minimum atomic E-state index is -1.94. The summed E-state index contributed by atoms with van der Waals surface area (Å²) >= 11 is 0. The summed E-state index contributed by atoms with van der Waals surface area (Å²) in [4.78, 5) is 11.5. The van der Waals surface area contributed by atoms with E-state index in [1.54, 1.807) is 14.2 Å². The van der Waals surface area contributed by atoms with E-state index in [0.29, 0.717) is 13.0 Å². The topological polar surface area (TPSA) is 56.8 Å². The molecule has 0 amide bonds. The molecular weight excluding hydrogens is 278 g/mol. The van der Waals surface area contributed by atoms with Gasteiger partial charge in [-0.25, -0.2) is 0 Å². The smallest absolute Gasteiger partial charge is 0.334 e. The molecule has 0 aromatic heterocycles. The van der Waals surface area contributed by atoms with E-state index in [0.717, 1.165) is 19.0 Å². The summed E-state index contributed by atoms with van der Waals surface area (Å²) in [7, 11) is -0.265. The van der Waals surface area contributed by atoms with Crippen LogP contribution in [0.2, 0.25) is 32.2 Å². The summed E-state index contributed by atoms with van der Waals surface area (Å²) in [5.41, 5.74) is 0. The molecule has 7 heteroatoms. The fraction of sp³-hybridized carbons (Fsp3) is 0.917. The van der Waals surface area contributed by atoms with Gasteiger partial charge in [0.15, 0.2) is 0 Å². The molecule has 114 valence electrons. The first-order valence-corrected chi connectivity index (χ1v) is 12.7. The number of nitrogens with one attached hydrogen (secondary N) is 1. The largest absolute Gasteiger partial charge is 0.520 e. The van der Waals surface area contributed by atoms with Crippen molar-refractivity contribution in [2.75, 3.05) is 27.3 Å². The Morgan fingerprint density at radius 2 is 1.63 bits per heavy atom. The van der Waals surface area contributed by atoms with Gasteiger partial charge in [0, 0.05) is 20.8 Å². The van der Waals surface area contributed by atoms with Crippen molar-refractivity contribution >= 4 is 22.8 Å². The molecular formula is C12H29NO4Si2. The van der Waals surface area contributed by atoms with Crippen molar-refractivity contribution in [2.24, 2.45) is 0 Å². The predicted octanol–water partition coefficient (Wildman–Crippen LogP) is 2.10. The maximum Gasteiger partial charge on any atom is 0.334 e. The Labute approximate surface area is 119 Å². The lowest BCUT2D eigenvalue weighted by molar-refractivity contribution is -0.135. The van der Waals surface area contributed by atoms with Crippen molar-refractivity contribution in [3.8, 4) is 0 Å². The van der Waals surface area contributed by atoms with E-state index < -0.39 is 16.9 Å². The maximum atomic E-state index is 11.5. The van der Waals surface area contributed by atoms with Crippen LogP contribution in [0.5, 0.6) is 0 Å². The molecule has 0 heterocycles. The highest BCUT2D eigenvalue weighted by Crippen LogP contribution is 2.12. The van der Waals surface area contributed by atoms with E-state index in [9.17, 15) is 4.79 Å². The van der Waals surface area contributed by atoms with Gasteiger partial charge in [0.25, 0.3) is 5.97 Å². The third-order valence-electron chi connectivity index (χ3n) is 2.77. The molecule has 0 aromatic carbocycles. The second kappa shape index (κ2) is 8.86. The van der Waals surface area contributed by atoms with Gasteiger partial charge < -0.3 is 18.6 Å². The van der Waals surface area contributed by atoms with Crippen LogP contribution < -0.4 is 5.32 Å². The highest BCUT2D eigenvalue weighted by Gasteiger charge is 2.27. The van der Waals surface area contributed by atoms with E-state index in [4.69, 9.17) is 13.3 Å². The van der Waals surface area contributed by atoms with Gasteiger partial charge in [-0.3, -0.25) is 4.79 Å². The number of carbonyl (C=O) groups excluding carboxylic acids is 1. The Hall–Kier alpha value is -0.216. The average Bonchev–Trinajstić information content (AvgIpc) is 2.31. The average molecular weight is 308 g/mol. The lowest BCUT2D eigenvalue weighted by Gasteiger charge is -2.22. The quantitative estimate of drug-likeness (QED) is 0.495. The number of hydrogen-bond donors (Lipinski definition) is 1. The van der Waals surface area contributed by atoms with Gasteiger partial charge in [-0.05, 0) is 45.2 Å². The third-order valence-corrected chi connectivity index (χ3v) is 6.60. The molecule has 0 aliphatic heterocycles. The molecule has 5 nitrogen and oxygen atoms in total. The first kappa shape index (κ1) is 18.8. The van der Waals surface area contributed by atoms with Crippen LogP contribution >= 0.6 is 0 Å². The minimum absolute atomic E-state index is 0.0975. The summed E-state index contributed by atoms with van der Waals surface area (Å²) in [6, 6.07) is 0.951. The second-order valence-electron chi connectivity index (χ2n) is 5.73. The van der Waals surface area contributed by atoms with Gasteiger partial charge in [-0.2, -0.15) is 0 Å². The zero-order chi connectivity index (χ0) is 14.9. The van der Waals surface area contributed by atoms with E-state index in [-0.39, 0.29) is 5.97 Å². The monoisotopic (exact) mass is 307 g/mol. The summed E-state index contributed by atoms with van der Waals surface area (Å²) in [5, 5.41) is 3.25. The van der Waals surface area contributed by atoms with Gasteiger partial charge in [0.2, 0.25) is 8.32 Å². The molecule has 0 aliphatic rings. The van der Waals surface area contributed by atoms with E-state index in [2.05, 4.69) is 11.9 Å². The molecule has 0 rings (SSSR count). The van der Waals surface area contributed by atoms with Gasteiger partial charge in [0.1, 0.15) is 0 Å². The maximum absolute atomic E-state index is 11.5. The Morgan fingerprint density at radius 3 is 2.11 bits per heavy atom. The molecule has 0 aromatic rings. The third kappa shape index (κ3) is 10.3. The molecule has 0 saturated heterocycles. The minimum Gasteiger partial charge on any atom is -0.520 e. The van der Waals surface area contributed by atoms with Crippen LogP contribution in [0.15, 0.2) is 0 Å². The van der Waals surface area contributed by atoms with Crippen LogP contribution in [0, 0.1) is 0 Å². The van der Waals surface area contributed by atoms with Crippen molar-refractivity contribution in [1.29, 1.82) is 0 Å². The summed E-state index contributed by atoms with van der Waals surface area (Å²) in [5.74, 6) is -0.0975. The lowest BCUT2D eigenvalue weighted by Crippen LogP contribution is -2.36. The highest BCUT2D eigenvalue weighted by molar-refractivity contribution is 6.71. The fourth-order valence-electron chi connectivity index (χ4n) is 1.53. The molecule has 0 atom stereocenters. The summed E-state index contributed by atoms with van der Waals surface area (Å²) < 4.78 is 16.2. The number of hydrogen-bond acceptors (Lipinski definition) is 5. The normalized spacial score (nSPS) is 12.5. The van der Waals surface area contributed by atoms with Crippen LogP contribution in [-0.4, -0.2) is 50.2 Å². The SMILES string of the molecule is CO[Si](C)(CCCNCCC(=O)O[Si](C)(C)C)OC. The Kier molecular flexibility index (Phi) is 8.76. The molecule has 0 radical (unpaired) electrons. The standard InChI is InChI=1S/C12H29NO4Si2/c1-15-19(6,16-2)11-7-9-13-10-8-12(14)17-18(3,4)5/h13H,7-11H2,1-6H3. The Morgan fingerprint density at radius 1 is 1.05 bits per heavy atom. The molecule has 0 saturated carbocycles. The van der Waals surface area contributed by atoms with Gasteiger partial charge in [-0.1, -0.05) is 0 Å². The molecule has 0 unspecified atom stereocenters. The van der Waals surface area contributed by atoms with Crippen LogP contribution in [0.4, 0.5) is 0 Å².